The fraction of sp³-hybridized carbons (Fsp3) is 0.400. The van der Waals surface area contributed by atoms with Gasteiger partial charge in [-0.25, -0.2) is 0 Å². The third-order valence-electron chi connectivity index (χ3n) is 3.32. The van der Waals surface area contributed by atoms with Gasteiger partial charge in [0.05, 0.1) is 5.52 Å². The lowest BCUT2D eigenvalue weighted by Crippen LogP contribution is -2.37. The van der Waals surface area contributed by atoms with E-state index in [9.17, 15) is 0 Å². The Kier molecular flexibility index (Phi) is 3.43. The van der Waals surface area contributed by atoms with Gasteiger partial charge in [0.15, 0.2) is 0 Å². The van der Waals surface area contributed by atoms with E-state index in [1.807, 2.05) is 12.3 Å². The van der Waals surface area contributed by atoms with Crippen molar-refractivity contribution in [2.75, 3.05) is 0 Å². The van der Waals surface area contributed by atoms with E-state index in [4.69, 9.17) is 0 Å². The van der Waals surface area contributed by atoms with E-state index in [2.05, 4.69) is 55.3 Å². The molecule has 1 N–H and O–H groups in total. The van der Waals surface area contributed by atoms with Gasteiger partial charge in [-0.15, -0.1) is 0 Å². The molecule has 2 aromatic rings. The van der Waals surface area contributed by atoms with Crippen molar-refractivity contribution < 1.29 is 0 Å². The molecule has 17 heavy (non-hydrogen) atoms. The topological polar surface area (TPSA) is 24.9 Å². The van der Waals surface area contributed by atoms with Crippen LogP contribution in [0.25, 0.3) is 10.9 Å². The van der Waals surface area contributed by atoms with Gasteiger partial charge in [-0.2, -0.15) is 0 Å². The second-order valence-corrected chi connectivity index (χ2v) is 5.12. The third-order valence-corrected chi connectivity index (χ3v) is 3.32. The number of hydrogen-bond acceptors (Lipinski definition) is 2. The van der Waals surface area contributed by atoms with Crippen LogP contribution in [0.2, 0.25) is 0 Å². The molecular weight excluding hydrogens is 208 g/mol. The Bertz CT molecular complexity index is 503. The Morgan fingerprint density at radius 3 is 2.82 bits per heavy atom. The van der Waals surface area contributed by atoms with Gasteiger partial charge in [-0.1, -0.05) is 19.1 Å². The highest BCUT2D eigenvalue weighted by Crippen LogP contribution is 2.14. The van der Waals surface area contributed by atoms with Crippen molar-refractivity contribution in [2.24, 2.45) is 0 Å². The number of nitrogens with one attached hydrogen (secondary N) is 1. The zero-order valence-corrected chi connectivity index (χ0v) is 10.8. The molecule has 0 atom stereocenters. The molecule has 0 saturated heterocycles. The van der Waals surface area contributed by atoms with E-state index < -0.39 is 0 Å². The summed E-state index contributed by atoms with van der Waals surface area (Å²) >= 11 is 0. The fourth-order valence-corrected chi connectivity index (χ4v) is 1.70. The van der Waals surface area contributed by atoms with Gasteiger partial charge in [0.1, 0.15) is 0 Å². The molecule has 0 saturated carbocycles. The number of hydrogen-bond donors (Lipinski definition) is 1. The molecular formula is C15H20N2. The summed E-state index contributed by atoms with van der Waals surface area (Å²) in [7, 11) is 0. The van der Waals surface area contributed by atoms with E-state index >= 15 is 0 Å². The van der Waals surface area contributed by atoms with Crippen LogP contribution in [-0.4, -0.2) is 10.5 Å². The van der Waals surface area contributed by atoms with E-state index in [0.29, 0.717) is 0 Å². The highest BCUT2D eigenvalue weighted by atomic mass is 14.9. The molecule has 0 bridgehead atoms. The lowest BCUT2D eigenvalue weighted by atomic mass is 10.0. The molecule has 90 valence electrons. The Hall–Kier alpha value is -1.41. The number of pyridine rings is 1. The lowest BCUT2D eigenvalue weighted by molar-refractivity contribution is 0.374. The predicted molar refractivity (Wildman–Crippen MR) is 73.0 cm³/mol. The van der Waals surface area contributed by atoms with Crippen LogP contribution < -0.4 is 5.32 Å². The quantitative estimate of drug-likeness (QED) is 0.866. The van der Waals surface area contributed by atoms with Gasteiger partial charge in [-0.3, -0.25) is 4.98 Å². The highest BCUT2D eigenvalue weighted by Gasteiger charge is 2.13. The van der Waals surface area contributed by atoms with Crippen LogP contribution in [0.1, 0.15) is 32.8 Å². The minimum absolute atomic E-state index is 0.198. The zero-order valence-electron chi connectivity index (χ0n) is 10.8. The first-order valence-electron chi connectivity index (χ1n) is 6.19. The van der Waals surface area contributed by atoms with Crippen molar-refractivity contribution in [2.45, 2.75) is 39.3 Å². The van der Waals surface area contributed by atoms with Crippen LogP contribution in [-0.2, 0) is 6.54 Å². The van der Waals surface area contributed by atoms with E-state index in [1.54, 1.807) is 0 Å². The summed E-state index contributed by atoms with van der Waals surface area (Å²) in [5.41, 5.74) is 2.57. The molecule has 0 radical (unpaired) electrons. The van der Waals surface area contributed by atoms with Crippen LogP contribution >= 0.6 is 0 Å². The van der Waals surface area contributed by atoms with Crippen molar-refractivity contribution in [3.05, 3.63) is 42.1 Å². The molecule has 0 spiro atoms. The normalized spacial score (nSPS) is 11.9. The van der Waals surface area contributed by atoms with Gasteiger partial charge < -0.3 is 5.32 Å². The van der Waals surface area contributed by atoms with E-state index in [0.717, 1.165) is 18.5 Å². The molecule has 1 heterocycles. The minimum atomic E-state index is 0.198. The SMILES string of the molecule is CCC(C)(C)NCc1ccc2ncccc2c1. The zero-order chi connectivity index (χ0) is 12.3. The predicted octanol–water partition coefficient (Wildman–Crippen LogP) is 3.51. The summed E-state index contributed by atoms with van der Waals surface area (Å²) in [5.74, 6) is 0. The summed E-state index contributed by atoms with van der Waals surface area (Å²) in [6, 6.07) is 10.5. The maximum atomic E-state index is 4.33. The molecule has 2 nitrogen and oxygen atoms in total. The first-order valence-corrected chi connectivity index (χ1v) is 6.19. The Labute approximate surface area is 103 Å². The minimum Gasteiger partial charge on any atom is -0.308 e. The summed E-state index contributed by atoms with van der Waals surface area (Å²) < 4.78 is 0. The van der Waals surface area contributed by atoms with Gasteiger partial charge in [0, 0.05) is 23.7 Å². The molecule has 0 fully saturated rings. The van der Waals surface area contributed by atoms with Crippen LogP contribution in [0.15, 0.2) is 36.5 Å². The first kappa shape index (κ1) is 12.1. The van der Waals surface area contributed by atoms with E-state index in [1.165, 1.54) is 10.9 Å². The lowest BCUT2D eigenvalue weighted by Gasteiger charge is -2.24. The molecule has 0 aliphatic heterocycles. The largest absolute Gasteiger partial charge is 0.308 e. The smallest absolute Gasteiger partial charge is 0.0702 e. The van der Waals surface area contributed by atoms with Gasteiger partial charge >= 0.3 is 0 Å². The van der Waals surface area contributed by atoms with Gasteiger partial charge in [-0.05, 0) is 44.0 Å². The summed E-state index contributed by atoms with van der Waals surface area (Å²) in [6.45, 7) is 7.58. The monoisotopic (exact) mass is 228 g/mol. The number of fused-ring (bicyclic) bond motifs is 1. The maximum Gasteiger partial charge on any atom is 0.0702 e. The molecule has 2 heteroatoms. The van der Waals surface area contributed by atoms with Crippen molar-refractivity contribution in [1.29, 1.82) is 0 Å². The molecule has 0 unspecified atom stereocenters. The highest BCUT2D eigenvalue weighted by molar-refractivity contribution is 5.78. The van der Waals surface area contributed by atoms with Crippen molar-refractivity contribution in [3.8, 4) is 0 Å². The standard InChI is InChI=1S/C15H20N2/c1-4-15(2,3)17-11-12-7-8-14-13(10-12)6-5-9-16-14/h5-10,17H,4,11H2,1-3H3. The second kappa shape index (κ2) is 4.84. The number of aromatic nitrogens is 1. The molecule has 0 amide bonds. The molecule has 1 aromatic heterocycles. The average molecular weight is 228 g/mol. The Morgan fingerprint density at radius 2 is 2.06 bits per heavy atom. The Balaban J connectivity index is 2.14. The van der Waals surface area contributed by atoms with Crippen molar-refractivity contribution >= 4 is 10.9 Å². The first-order chi connectivity index (χ1) is 8.11. The van der Waals surface area contributed by atoms with E-state index in [-0.39, 0.29) is 5.54 Å². The van der Waals surface area contributed by atoms with Gasteiger partial charge in [0.2, 0.25) is 0 Å². The van der Waals surface area contributed by atoms with Crippen molar-refractivity contribution in [3.63, 3.8) is 0 Å². The average Bonchev–Trinajstić information content (AvgIpc) is 2.36. The third kappa shape index (κ3) is 3.04. The summed E-state index contributed by atoms with van der Waals surface area (Å²) in [4.78, 5) is 4.33. The maximum absolute atomic E-state index is 4.33. The number of nitrogens with zero attached hydrogens (tertiary/aromatic N) is 1. The van der Waals surface area contributed by atoms with Crippen LogP contribution in [0.3, 0.4) is 0 Å². The van der Waals surface area contributed by atoms with Crippen LogP contribution in [0, 0.1) is 0 Å². The second-order valence-electron chi connectivity index (χ2n) is 5.12. The molecule has 2 rings (SSSR count). The number of benzene rings is 1. The number of rotatable bonds is 4. The van der Waals surface area contributed by atoms with Crippen molar-refractivity contribution in [1.82, 2.24) is 10.3 Å². The van der Waals surface area contributed by atoms with Crippen LogP contribution in [0.4, 0.5) is 0 Å². The Morgan fingerprint density at radius 1 is 1.24 bits per heavy atom. The molecule has 1 aromatic carbocycles. The van der Waals surface area contributed by atoms with Gasteiger partial charge in [0.25, 0.3) is 0 Å². The molecule has 0 aliphatic rings. The summed E-state index contributed by atoms with van der Waals surface area (Å²) in [6.07, 6.45) is 2.96. The summed E-state index contributed by atoms with van der Waals surface area (Å²) in [5, 5.41) is 4.78. The molecule has 0 aliphatic carbocycles. The fourth-order valence-electron chi connectivity index (χ4n) is 1.70. The van der Waals surface area contributed by atoms with Crippen LogP contribution in [0.5, 0.6) is 0 Å².